The summed E-state index contributed by atoms with van der Waals surface area (Å²) in [7, 11) is 1.96. The van der Waals surface area contributed by atoms with Crippen LogP contribution in [0.4, 0.5) is 0 Å². The highest BCUT2D eigenvalue weighted by molar-refractivity contribution is 6.30. The van der Waals surface area contributed by atoms with E-state index in [2.05, 4.69) is 4.90 Å². The number of hydrogen-bond donors (Lipinski definition) is 4. The minimum absolute atomic E-state index is 0.0440. The first-order valence-corrected chi connectivity index (χ1v) is 17.2. The maximum Gasteiger partial charge on any atom is 0.311 e. The van der Waals surface area contributed by atoms with Gasteiger partial charge in [-0.25, -0.2) is 0 Å². The highest BCUT2D eigenvalue weighted by atomic mass is 35.5. The van der Waals surface area contributed by atoms with Gasteiger partial charge in [-0.05, 0) is 77.6 Å². The monoisotopic (exact) mass is 669 g/mol. The van der Waals surface area contributed by atoms with Crippen molar-refractivity contribution in [2.75, 3.05) is 7.05 Å². The van der Waals surface area contributed by atoms with E-state index in [4.69, 9.17) is 30.5 Å². The second kappa shape index (κ2) is 14.6. The largest absolute Gasteiger partial charge is 0.459 e. The number of ether oxygens (including phenoxy) is 4. The molecule has 3 fully saturated rings. The van der Waals surface area contributed by atoms with Crippen LogP contribution >= 0.6 is 11.6 Å². The van der Waals surface area contributed by atoms with Gasteiger partial charge in [-0.3, -0.25) is 9.69 Å². The molecule has 3 aliphatic heterocycles. The van der Waals surface area contributed by atoms with Crippen molar-refractivity contribution in [3.8, 4) is 0 Å². The number of aliphatic hydroxyl groups is 4. The summed E-state index contributed by atoms with van der Waals surface area (Å²) in [4.78, 5) is 15.6. The third-order valence-corrected chi connectivity index (χ3v) is 11.1. The Morgan fingerprint density at radius 2 is 1.74 bits per heavy atom. The minimum atomic E-state index is -1.75. The molecule has 3 saturated heterocycles. The van der Waals surface area contributed by atoms with Gasteiger partial charge in [0.05, 0.1) is 42.0 Å². The Balaban J connectivity index is 1.65. The van der Waals surface area contributed by atoms with Gasteiger partial charge in [0.25, 0.3) is 0 Å². The summed E-state index contributed by atoms with van der Waals surface area (Å²) in [6, 6.07) is 7.33. The van der Waals surface area contributed by atoms with Gasteiger partial charge < -0.3 is 39.4 Å². The Kier molecular flexibility index (Phi) is 11.9. The lowest BCUT2D eigenvalue weighted by Crippen LogP contribution is -2.59. The predicted octanol–water partition coefficient (Wildman–Crippen LogP) is 3.92. The molecule has 6 unspecified atom stereocenters. The number of halogens is 1. The zero-order chi connectivity index (χ0) is 34.3. The Bertz CT molecular complexity index is 1170. The Hall–Kier alpha value is -1.34. The highest BCUT2D eigenvalue weighted by Crippen LogP contribution is 2.47. The molecule has 0 saturated carbocycles. The topological polar surface area (TPSA) is 138 Å². The third kappa shape index (κ3) is 7.61. The minimum Gasteiger partial charge on any atom is -0.459 e. The molecule has 0 aromatic heterocycles. The first-order chi connectivity index (χ1) is 21.4. The zero-order valence-corrected chi connectivity index (χ0v) is 29.6. The predicted molar refractivity (Wildman–Crippen MR) is 174 cm³/mol. The quantitative estimate of drug-likeness (QED) is 0.302. The molecule has 46 heavy (non-hydrogen) atoms. The number of likely N-dealkylation sites (N-methyl/N-ethyl adjacent to an activating group) is 1. The number of fused-ring (bicyclic) bond motifs is 2. The first-order valence-electron chi connectivity index (χ1n) is 16.8. The third-order valence-electron chi connectivity index (χ3n) is 10.9. The number of aliphatic hydroxyl groups excluding tert-OH is 3. The van der Waals surface area contributed by atoms with Crippen LogP contribution in [0.3, 0.4) is 0 Å². The van der Waals surface area contributed by atoms with Crippen LogP contribution in [-0.2, 0) is 30.3 Å². The molecule has 4 N–H and O–H groups in total. The molecule has 10 nitrogen and oxygen atoms in total. The van der Waals surface area contributed by atoms with Crippen LogP contribution in [0, 0.1) is 23.7 Å². The molecule has 15 atom stereocenters. The maximum atomic E-state index is 13.5. The van der Waals surface area contributed by atoms with Crippen molar-refractivity contribution in [2.24, 2.45) is 23.7 Å². The lowest BCUT2D eigenvalue weighted by Gasteiger charge is -2.47. The number of benzene rings is 1. The van der Waals surface area contributed by atoms with Crippen molar-refractivity contribution in [2.45, 2.75) is 147 Å². The van der Waals surface area contributed by atoms with Crippen LogP contribution in [-0.4, -0.2) is 105 Å². The molecule has 0 radical (unpaired) electrons. The van der Waals surface area contributed by atoms with E-state index in [1.165, 1.54) is 6.92 Å². The van der Waals surface area contributed by atoms with Crippen LogP contribution in [0.5, 0.6) is 0 Å². The van der Waals surface area contributed by atoms with Crippen molar-refractivity contribution in [3.63, 3.8) is 0 Å². The smallest absolute Gasteiger partial charge is 0.311 e. The Labute approximate surface area is 279 Å². The lowest BCUT2D eigenvalue weighted by atomic mass is 9.76. The second-order valence-corrected chi connectivity index (χ2v) is 15.2. The molecule has 4 rings (SSSR count). The van der Waals surface area contributed by atoms with Crippen LogP contribution in [0.1, 0.15) is 80.2 Å². The molecule has 1 aromatic carbocycles. The van der Waals surface area contributed by atoms with E-state index in [0.717, 1.165) is 5.56 Å². The van der Waals surface area contributed by atoms with E-state index in [1.807, 2.05) is 65.9 Å². The van der Waals surface area contributed by atoms with Gasteiger partial charge in [0.2, 0.25) is 0 Å². The van der Waals surface area contributed by atoms with E-state index in [-0.39, 0.29) is 24.5 Å². The molecule has 262 valence electrons. The molecular weight excluding hydrogens is 614 g/mol. The number of nitrogens with zero attached hydrogens (tertiary/aromatic N) is 1. The van der Waals surface area contributed by atoms with Crippen molar-refractivity contribution in [1.82, 2.24) is 4.90 Å². The number of carbonyl (C=O) groups excluding carboxylic acids is 1. The van der Waals surface area contributed by atoms with E-state index in [1.54, 1.807) is 13.8 Å². The summed E-state index contributed by atoms with van der Waals surface area (Å²) >= 11 is 6.08. The highest BCUT2D eigenvalue weighted by Gasteiger charge is 2.57. The Morgan fingerprint density at radius 3 is 2.35 bits per heavy atom. The fraction of sp³-hybridized carbons (Fsp3) is 0.800. The summed E-state index contributed by atoms with van der Waals surface area (Å²) in [6.45, 7) is 15.0. The maximum absolute atomic E-state index is 13.5. The SMILES string of the molecule is CC[C@@H](O)[C@@](C)(O)[C@@H]1OC(=O)[C@H](C)[C@@H](O)[C@H](C)[C@H](O[C@@H]2OC(C)CC(N(C)Cc3ccc(Cl)cc3)C2O)C2(C)CC(C)C(O2)[C@@H]1C. The van der Waals surface area contributed by atoms with E-state index >= 15 is 0 Å². The fourth-order valence-corrected chi connectivity index (χ4v) is 8.25. The fourth-order valence-electron chi connectivity index (χ4n) is 8.12. The van der Waals surface area contributed by atoms with Crippen molar-refractivity contribution >= 4 is 17.6 Å². The summed E-state index contributed by atoms with van der Waals surface area (Å²) in [5.74, 6) is -2.83. The van der Waals surface area contributed by atoms with E-state index in [9.17, 15) is 25.2 Å². The standard InChI is InChI=1S/C35H56ClNO9/c1-10-26(38)35(8,42)31-22(6)29-18(2)16-34(7,46-29)30(20(4)27(39)21(5)32(41)44-31)45-33-28(40)25(15-19(3)43-33)37(9)17-23-11-13-24(36)14-12-23/h11-14,18-22,25-31,33,38-40,42H,10,15-17H2,1-9H3/t18?,19?,20-,21+,22-,25?,26+,27-,28?,29?,30-,31+,33-,34?,35+/m0/s1. The summed E-state index contributed by atoms with van der Waals surface area (Å²) < 4.78 is 25.7. The van der Waals surface area contributed by atoms with Gasteiger partial charge >= 0.3 is 5.97 Å². The molecule has 0 aliphatic carbocycles. The van der Waals surface area contributed by atoms with E-state index in [0.29, 0.717) is 24.4 Å². The normalized spacial score (nSPS) is 42.6. The Morgan fingerprint density at radius 1 is 1.11 bits per heavy atom. The number of esters is 1. The molecule has 11 heteroatoms. The van der Waals surface area contributed by atoms with Gasteiger partial charge in [-0.2, -0.15) is 0 Å². The van der Waals surface area contributed by atoms with Gasteiger partial charge in [0.15, 0.2) is 6.29 Å². The zero-order valence-electron chi connectivity index (χ0n) is 28.8. The molecule has 3 aliphatic rings. The van der Waals surface area contributed by atoms with Crippen LogP contribution in [0.2, 0.25) is 5.02 Å². The van der Waals surface area contributed by atoms with Gasteiger partial charge in [0, 0.05) is 29.4 Å². The van der Waals surface area contributed by atoms with Crippen LogP contribution < -0.4 is 0 Å². The molecule has 0 amide bonds. The van der Waals surface area contributed by atoms with Crippen LogP contribution in [0.25, 0.3) is 0 Å². The number of carbonyl (C=O) groups is 1. The summed E-state index contributed by atoms with van der Waals surface area (Å²) in [5, 5.41) is 46.2. The molecule has 0 spiro atoms. The molecule has 1 aromatic rings. The van der Waals surface area contributed by atoms with Gasteiger partial charge in [-0.15, -0.1) is 0 Å². The second-order valence-electron chi connectivity index (χ2n) is 14.8. The van der Waals surface area contributed by atoms with Gasteiger partial charge in [-0.1, -0.05) is 51.4 Å². The van der Waals surface area contributed by atoms with Crippen LogP contribution in [0.15, 0.2) is 24.3 Å². The molecule has 3 heterocycles. The van der Waals surface area contributed by atoms with Gasteiger partial charge in [0.1, 0.15) is 17.8 Å². The number of cyclic esters (lactones) is 1. The summed E-state index contributed by atoms with van der Waals surface area (Å²) in [6.07, 6.45) is -5.53. The first kappa shape index (κ1) is 37.5. The summed E-state index contributed by atoms with van der Waals surface area (Å²) in [5.41, 5.74) is -1.64. The van der Waals surface area contributed by atoms with Crippen molar-refractivity contribution in [1.29, 1.82) is 0 Å². The van der Waals surface area contributed by atoms with Crippen molar-refractivity contribution < 1.29 is 44.2 Å². The van der Waals surface area contributed by atoms with Crippen molar-refractivity contribution in [3.05, 3.63) is 34.9 Å². The molecule has 2 bridgehead atoms. The number of rotatable bonds is 8. The average Bonchev–Trinajstić information content (AvgIpc) is 3.32. The lowest BCUT2D eigenvalue weighted by molar-refractivity contribution is -0.302. The van der Waals surface area contributed by atoms with E-state index < -0.39 is 77.8 Å². The number of hydrogen-bond acceptors (Lipinski definition) is 10. The molecular formula is C35H56ClNO9. The average molecular weight is 670 g/mol.